The largest absolute Gasteiger partial charge is 0.492 e. The van der Waals surface area contributed by atoms with Gasteiger partial charge in [0.25, 0.3) is 0 Å². The molecule has 1 N–H and O–H groups in total. The number of fused-ring (bicyclic) bond motifs is 3. The molecule has 0 bridgehead atoms. The van der Waals surface area contributed by atoms with Gasteiger partial charge in [-0.2, -0.15) is 0 Å². The first kappa shape index (κ1) is 24.6. The van der Waals surface area contributed by atoms with Gasteiger partial charge >= 0.3 is 5.97 Å². The van der Waals surface area contributed by atoms with Crippen molar-refractivity contribution in [2.75, 3.05) is 13.2 Å². The van der Waals surface area contributed by atoms with Crippen molar-refractivity contribution in [2.24, 2.45) is 0 Å². The molecule has 188 valence electrons. The van der Waals surface area contributed by atoms with Gasteiger partial charge in [-0.3, -0.25) is 0 Å². The average Bonchev–Trinajstić information content (AvgIpc) is 3.23. The first-order chi connectivity index (χ1) is 18.1. The third-order valence-electron chi connectivity index (χ3n) is 6.66. The Labute approximate surface area is 216 Å². The van der Waals surface area contributed by atoms with Gasteiger partial charge in [0, 0.05) is 34.8 Å². The Kier molecular flexibility index (Phi) is 7.52. The fraction of sp³-hybridized carbons (Fsp3) is 0.219. The van der Waals surface area contributed by atoms with Gasteiger partial charge in [0.05, 0.1) is 6.54 Å². The summed E-state index contributed by atoms with van der Waals surface area (Å²) < 4.78 is 13.7. The second kappa shape index (κ2) is 11.3. The maximum Gasteiger partial charge on any atom is 0.333 e. The van der Waals surface area contributed by atoms with Crippen LogP contribution in [-0.2, 0) is 28.9 Å². The molecule has 0 aliphatic rings. The fourth-order valence-corrected chi connectivity index (χ4v) is 4.89. The molecule has 0 fully saturated rings. The summed E-state index contributed by atoms with van der Waals surface area (Å²) >= 11 is 0. The summed E-state index contributed by atoms with van der Waals surface area (Å²) in [5.41, 5.74) is 5.91. The van der Waals surface area contributed by atoms with Crippen molar-refractivity contribution in [3.05, 3.63) is 114 Å². The lowest BCUT2D eigenvalue weighted by atomic mass is 10.0. The number of rotatable bonds is 11. The summed E-state index contributed by atoms with van der Waals surface area (Å²) in [4.78, 5) is 11.3. The van der Waals surface area contributed by atoms with E-state index < -0.39 is 12.1 Å². The first-order valence-electron chi connectivity index (χ1n) is 12.7. The molecule has 0 saturated heterocycles. The maximum absolute atomic E-state index is 11.3. The SMILES string of the molecule is CCOC(Cc1ccc(OCCn2c3ccccc3c3cc(Cc4ccccc4)ccc32)cc1)C(=O)O. The van der Waals surface area contributed by atoms with E-state index in [0.717, 1.165) is 24.3 Å². The number of carboxylic acids is 1. The number of carbonyl (C=O) groups is 1. The van der Waals surface area contributed by atoms with Crippen LogP contribution in [0.15, 0.2) is 97.1 Å². The van der Waals surface area contributed by atoms with Crippen LogP contribution >= 0.6 is 0 Å². The van der Waals surface area contributed by atoms with E-state index in [9.17, 15) is 9.90 Å². The molecule has 5 aromatic rings. The van der Waals surface area contributed by atoms with Crippen LogP contribution in [0.5, 0.6) is 5.75 Å². The van der Waals surface area contributed by atoms with Crippen LogP contribution in [0.4, 0.5) is 0 Å². The van der Waals surface area contributed by atoms with E-state index in [2.05, 4.69) is 71.3 Å². The fourth-order valence-electron chi connectivity index (χ4n) is 4.89. The van der Waals surface area contributed by atoms with Crippen LogP contribution in [0.1, 0.15) is 23.6 Å². The van der Waals surface area contributed by atoms with Crippen molar-refractivity contribution >= 4 is 27.8 Å². The van der Waals surface area contributed by atoms with Crippen LogP contribution in [0.2, 0.25) is 0 Å². The standard InChI is InChI=1S/C32H31NO4/c1-2-36-31(32(34)35)22-24-12-15-26(16-13-24)37-19-18-33-29-11-7-6-10-27(29)28-21-25(14-17-30(28)33)20-23-8-4-3-5-9-23/h3-17,21,31H,2,18-20,22H2,1H3,(H,34,35). The van der Waals surface area contributed by atoms with Gasteiger partial charge in [0.15, 0.2) is 6.10 Å². The minimum absolute atomic E-state index is 0.330. The highest BCUT2D eigenvalue weighted by atomic mass is 16.5. The van der Waals surface area contributed by atoms with E-state index in [1.165, 1.54) is 32.9 Å². The smallest absolute Gasteiger partial charge is 0.333 e. The van der Waals surface area contributed by atoms with Gasteiger partial charge in [0.1, 0.15) is 12.4 Å². The van der Waals surface area contributed by atoms with E-state index >= 15 is 0 Å². The highest BCUT2D eigenvalue weighted by molar-refractivity contribution is 6.08. The zero-order valence-corrected chi connectivity index (χ0v) is 21.0. The van der Waals surface area contributed by atoms with Crippen molar-refractivity contribution in [1.82, 2.24) is 4.57 Å². The van der Waals surface area contributed by atoms with Crippen molar-refractivity contribution in [1.29, 1.82) is 0 Å². The van der Waals surface area contributed by atoms with E-state index in [-0.39, 0.29) is 0 Å². The van der Waals surface area contributed by atoms with Crippen molar-refractivity contribution in [2.45, 2.75) is 32.4 Å². The van der Waals surface area contributed by atoms with E-state index in [1.807, 2.05) is 30.3 Å². The molecule has 0 saturated carbocycles. The van der Waals surface area contributed by atoms with Gasteiger partial charge < -0.3 is 19.1 Å². The summed E-state index contributed by atoms with van der Waals surface area (Å²) in [7, 11) is 0. The molecular formula is C32H31NO4. The van der Waals surface area contributed by atoms with Gasteiger partial charge in [-0.15, -0.1) is 0 Å². The number of benzene rings is 4. The Balaban J connectivity index is 1.30. The lowest BCUT2D eigenvalue weighted by molar-refractivity contribution is -0.149. The lowest BCUT2D eigenvalue weighted by Crippen LogP contribution is -2.26. The molecule has 5 rings (SSSR count). The second-order valence-electron chi connectivity index (χ2n) is 9.16. The third-order valence-corrected chi connectivity index (χ3v) is 6.66. The number of ether oxygens (including phenoxy) is 2. The molecule has 0 radical (unpaired) electrons. The Morgan fingerprint density at radius 2 is 1.51 bits per heavy atom. The molecule has 0 spiro atoms. The molecule has 4 aromatic carbocycles. The zero-order valence-electron chi connectivity index (χ0n) is 21.0. The average molecular weight is 494 g/mol. The van der Waals surface area contributed by atoms with Crippen LogP contribution in [0, 0.1) is 0 Å². The molecule has 5 nitrogen and oxygen atoms in total. The molecule has 1 aromatic heterocycles. The topological polar surface area (TPSA) is 60.7 Å². The van der Waals surface area contributed by atoms with Crippen LogP contribution in [-0.4, -0.2) is 35.0 Å². The quantitative estimate of drug-likeness (QED) is 0.228. The summed E-state index contributed by atoms with van der Waals surface area (Å²) in [6, 6.07) is 33.4. The molecular weight excluding hydrogens is 462 g/mol. The number of aromatic nitrogens is 1. The number of aliphatic carboxylic acids is 1. The van der Waals surface area contributed by atoms with Gasteiger partial charge in [0.2, 0.25) is 0 Å². The van der Waals surface area contributed by atoms with Crippen LogP contribution in [0.25, 0.3) is 21.8 Å². The monoisotopic (exact) mass is 493 g/mol. The van der Waals surface area contributed by atoms with Crippen LogP contribution < -0.4 is 4.74 Å². The van der Waals surface area contributed by atoms with E-state index in [4.69, 9.17) is 9.47 Å². The lowest BCUT2D eigenvalue weighted by Gasteiger charge is -2.13. The normalized spacial score (nSPS) is 12.1. The highest BCUT2D eigenvalue weighted by Crippen LogP contribution is 2.30. The van der Waals surface area contributed by atoms with Crippen LogP contribution in [0.3, 0.4) is 0 Å². The Bertz CT molecular complexity index is 1490. The van der Waals surface area contributed by atoms with E-state index in [1.54, 1.807) is 6.92 Å². The molecule has 0 amide bonds. The number of hydrogen-bond donors (Lipinski definition) is 1. The van der Waals surface area contributed by atoms with Gasteiger partial charge in [-0.25, -0.2) is 4.79 Å². The first-order valence-corrected chi connectivity index (χ1v) is 12.7. The molecule has 0 aliphatic carbocycles. The summed E-state index contributed by atoms with van der Waals surface area (Å²) in [6.07, 6.45) is 0.407. The summed E-state index contributed by atoms with van der Waals surface area (Å²) in [5.74, 6) is -0.182. The Morgan fingerprint density at radius 3 is 2.27 bits per heavy atom. The Hall–Kier alpha value is -4.09. The van der Waals surface area contributed by atoms with E-state index in [0.29, 0.717) is 19.6 Å². The zero-order chi connectivity index (χ0) is 25.6. The minimum Gasteiger partial charge on any atom is -0.492 e. The minimum atomic E-state index is -0.944. The third kappa shape index (κ3) is 5.68. The predicted molar refractivity (Wildman–Crippen MR) is 147 cm³/mol. The number of para-hydroxylation sites is 1. The predicted octanol–water partition coefficient (Wildman–Crippen LogP) is 6.50. The molecule has 1 unspecified atom stereocenters. The molecule has 1 heterocycles. The number of hydrogen-bond acceptors (Lipinski definition) is 3. The van der Waals surface area contributed by atoms with Gasteiger partial charge in [-0.1, -0.05) is 66.7 Å². The summed E-state index contributed by atoms with van der Waals surface area (Å²) in [5, 5.41) is 11.8. The number of nitrogens with zero attached hydrogens (tertiary/aromatic N) is 1. The number of carboxylic acid groups (broad SMARTS) is 1. The summed E-state index contributed by atoms with van der Waals surface area (Å²) in [6.45, 7) is 3.41. The van der Waals surface area contributed by atoms with Crippen molar-refractivity contribution in [3.8, 4) is 5.75 Å². The van der Waals surface area contributed by atoms with Crippen molar-refractivity contribution < 1.29 is 19.4 Å². The maximum atomic E-state index is 11.3. The van der Waals surface area contributed by atoms with Gasteiger partial charge in [-0.05, 0) is 60.4 Å². The Morgan fingerprint density at radius 1 is 0.811 bits per heavy atom. The molecule has 0 aliphatic heterocycles. The molecule has 1 atom stereocenters. The second-order valence-corrected chi connectivity index (χ2v) is 9.16. The molecule has 37 heavy (non-hydrogen) atoms. The van der Waals surface area contributed by atoms with Crippen molar-refractivity contribution in [3.63, 3.8) is 0 Å². The highest BCUT2D eigenvalue weighted by Gasteiger charge is 2.18. The molecule has 5 heteroatoms.